The lowest BCUT2D eigenvalue weighted by Crippen LogP contribution is -1.83. The van der Waals surface area contributed by atoms with E-state index in [1.807, 2.05) is 37.3 Å². The molecule has 1 aromatic heterocycles. The molecule has 4 nitrogen and oxygen atoms in total. The van der Waals surface area contributed by atoms with Gasteiger partial charge in [0.15, 0.2) is 5.88 Å². The van der Waals surface area contributed by atoms with Crippen LogP contribution in [-0.2, 0) is 0 Å². The Labute approximate surface area is 133 Å². The monoisotopic (exact) mass is 314 g/mol. The maximum Gasteiger partial charge on any atom is 0.198 e. The number of hydrogen-bond acceptors (Lipinski definition) is 3. The summed E-state index contributed by atoms with van der Waals surface area (Å²) in [5.74, 6) is 0.796. The molecule has 0 aliphatic carbocycles. The first-order valence-electron chi connectivity index (χ1n) is 6.77. The molecule has 0 radical (unpaired) electrons. The highest BCUT2D eigenvalue weighted by molar-refractivity contribution is 6.31. The normalized spacial score (nSPS) is 11.4. The number of rotatable bonds is 3. The van der Waals surface area contributed by atoms with Gasteiger partial charge in [-0.3, -0.25) is 4.99 Å². The van der Waals surface area contributed by atoms with Gasteiger partial charge in [-0.1, -0.05) is 17.7 Å². The van der Waals surface area contributed by atoms with Crippen LogP contribution < -0.4 is 4.74 Å². The fourth-order valence-electron chi connectivity index (χ4n) is 2.24. The van der Waals surface area contributed by atoms with Crippen LogP contribution in [-0.4, -0.2) is 23.4 Å². The highest BCUT2D eigenvalue weighted by Gasteiger charge is 2.09. The van der Waals surface area contributed by atoms with Gasteiger partial charge in [0.25, 0.3) is 0 Å². The molecule has 0 amide bonds. The predicted molar refractivity (Wildman–Crippen MR) is 90.0 cm³/mol. The molecule has 0 bridgehead atoms. The minimum atomic E-state index is 0.0743. The summed E-state index contributed by atoms with van der Waals surface area (Å²) in [6.45, 7) is 1.94. The number of benzene rings is 2. The maximum absolute atomic E-state index is 10.1. The first-order valence-corrected chi connectivity index (χ1v) is 7.15. The molecule has 3 rings (SSSR count). The summed E-state index contributed by atoms with van der Waals surface area (Å²) in [4.78, 5) is 7.30. The molecule has 0 saturated carbocycles. The van der Waals surface area contributed by atoms with Crippen LogP contribution in [0.15, 0.2) is 41.4 Å². The van der Waals surface area contributed by atoms with Crippen molar-refractivity contribution in [3.63, 3.8) is 0 Å². The van der Waals surface area contributed by atoms with Gasteiger partial charge in [-0.05, 0) is 42.8 Å². The lowest BCUT2D eigenvalue weighted by molar-refractivity contribution is 0.415. The number of H-pyrrole nitrogens is 1. The Hall–Kier alpha value is -2.46. The molecule has 0 spiro atoms. The summed E-state index contributed by atoms with van der Waals surface area (Å²) < 4.78 is 5.22. The fourth-order valence-corrected chi connectivity index (χ4v) is 2.41. The Bertz CT molecular complexity index is 868. The minimum absolute atomic E-state index is 0.0743. The van der Waals surface area contributed by atoms with Gasteiger partial charge in [-0.15, -0.1) is 0 Å². The maximum atomic E-state index is 10.1. The summed E-state index contributed by atoms with van der Waals surface area (Å²) in [5, 5.41) is 11.6. The lowest BCUT2D eigenvalue weighted by Gasteiger charge is -2.00. The van der Waals surface area contributed by atoms with E-state index in [-0.39, 0.29) is 5.88 Å². The summed E-state index contributed by atoms with van der Waals surface area (Å²) in [6, 6.07) is 11.1. The van der Waals surface area contributed by atoms with Crippen molar-refractivity contribution in [3.8, 4) is 11.6 Å². The van der Waals surface area contributed by atoms with E-state index in [0.29, 0.717) is 10.6 Å². The lowest BCUT2D eigenvalue weighted by atomic mass is 10.1. The molecule has 3 aromatic rings. The van der Waals surface area contributed by atoms with Gasteiger partial charge in [0.05, 0.1) is 18.4 Å². The topological polar surface area (TPSA) is 57.6 Å². The van der Waals surface area contributed by atoms with Gasteiger partial charge in [0.1, 0.15) is 5.75 Å². The largest absolute Gasteiger partial charge is 0.497 e. The number of fused-ring (bicyclic) bond motifs is 1. The van der Waals surface area contributed by atoms with Crippen LogP contribution >= 0.6 is 11.6 Å². The second kappa shape index (κ2) is 5.73. The van der Waals surface area contributed by atoms with Crippen molar-refractivity contribution in [2.45, 2.75) is 6.92 Å². The zero-order valence-corrected chi connectivity index (χ0v) is 13.0. The van der Waals surface area contributed by atoms with Crippen LogP contribution in [0.5, 0.6) is 11.6 Å². The highest BCUT2D eigenvalue weighted by atomic mass is 35.5. The first-order chi connectivity index (χ1) is 10.6. The predicted octanol–water partition coefficient (Wildman–Crippen LogP) is 4.59. The third kappa shape index (κ3) is 2.65. The molecule has 0 aliphatic heterocycles. The number of nitrogens with one attached hydrogen (secondary N) is 1. The highest BCUT2D eigenvalue weighted by Crippen LogP contribution is 2.30. The van der Waals surface area contributed by atoms with E-state index in [1.165, 1.54) is 0 Å². The van der Waals surface area contributed by atoms with Gasteiger partial charge in [-0.2, -0.15) is 0 Å². The zero-order valence-electron chi connectivity index (χ0n) is 12.2. The Morgan fingerprint density at radius 1 is 1.23 bits per heavy atom. The van der Waals surface area contributed by atoms with E-state index in [9.17, 15) is 5.11 Å². The van der Waals surface area contributed by atoms with Crippen molar-refractivity contribution in [2.24, 2.45) is 4.99 Å². The third-order valence-electron chi connectivity index (χ3n) is 3.52. The second-order valence-electron chi connectivity index (χ2n) is 4.99. The van der Waals surface area contributed by atoms with Crippen molar-refractivity contribution in [1.29, 1.82) is 0 Å². The van der Waals surface area contributed by atoms with E-state index in [0.717, 1.165) is 27.9 Å². The quantitative estimate of drug-likeness (QED) is 0.694. The number of aromatic hydroxyl groups is 1. The number of methoxy groups -OCH3 is 1. The summed E-state index contributed by atoms with van der Waals surface area (Å²) >= 11 is 6.09. The molecule has 5 heteroatoms. The van der Waals surface area contributed by atoms with E-state index in [1.54, 1.807) is 19.4 Å². The van der Waals surface area contributed by atoms with Crippen molar-refractivity contribution < 1.29 is 9.84 Å². The number of aromatic nitrogens is 1. The van der Waals surface area contributed by atoms with E-state index < -0.39 is 0 Å². The van der Waals surface area contributed by atoms with Gasteiger partial charge in [0.2, 0.25) is 0 Å². The van der Waals surface area contributed by atoms with E-state index in [2.05, 4.69) is 9.98 Å². The van der Waals surface area contributed by atoms with Gasteiger partial charge < -0.3 is 14.8 Å². The molecule has 2 N–H and O–H groups in total. The third-order valence-corrected chi connectivity index (χ3v) is 3.93. The molecule has 0 aliphatic rings. The average molecular weight is 315 g/mol. The zero-order chi connectivity index (χ0) is 15.7. The molecule has 22 heavy (non-hydrogen) atoms. The van der Waals surface area contributed by atoms with Crippen LogP contribution in [0.3, 0.4) is 0 Å². The number of hydrogen-bond donors (Lipinski definition) is 2. The van der Waals surface area contributed by atoms with Crippen molar-refractivity contribution in [1.82, 2.24) is 4.98 Å². The van der Waals surface area contributed by atoms with E-state index in [4.69, 9.17) is 16.3 Å². The van der Waals surface area contributed by atoms with Gasteiger partial charge in [0, 0.05) is 22.1 Å². The number of aliphatic imine (C=N–C) groups is 1. The standard InChI is InChI=1S/C17H15ClN2O2/c1-10-3-4-11(7-15(10)18)19-9-14-13-8-12(22-2)5-6-16(13)20-17(14)21/h3-9,20-21H,1-2H3. The fraction of sp³-hybridized carbons (Fsp3) is 0.118. The molecule has 2 aromatic carbocycles. The van der Waals surface area contributed by atoms with Crippen molar-refractivity contribution in [2.75, 3.05) is 7.11 Å². The number of halogens is 1. The molecular formula is C17H15ClN2O2. The molecule has 0 unspecified atom stereocenters. The van der Waals surface area contributed by atoms with Gasteiger partial charge in [-0.25, -0.2) is 0 Å². The average Bonchev–Trinajstić information content (AvgIpc) is 2.83. The molecule has 0 saturated heterocycles. The molecule has 112 valence electrons. The second-order valence-corrected chi connectivity index (χ2v) is 5.40. The first kappa shape index (κ1) is 14.5. The Morgan fingerprint density at radius 2 is 2.05 bits per heavy atom. The molecule has 0 atom stereocenters. The minimum Gasteiger partial charge on any atom is -0.497 e. The van der Waals surface area contributed by atoms with Crippen LogP contribution in [0.25, 0.3) is 10.9 Å². The van der Waals surface area contributed by atoms with Crippen molar-refractivity contribution in [3.05, 3.63) is 52.5 Å². The smallest absolute Gasteiger partial charge is 0.198 e. The van der Waals surface area contributed by atoms with Gasteiger partial charge >= 0.3 is 0 Å². The summed E-state index contributed by atoms with van der Waals surface area (Å²) in [5.41, 5.74) is 3.17. The Balaban J connectivity index is 2.03. The summed E-state index contributed by atoms with van der Waals surface area (Å²) in [7, 11) is 1.61. The summed E-state index contributed by atoms with van der Waals surface area (Å²) in [6.07, 6.45) is 1.62. The van der Waals surface area contributed by atoms with Crippen LogP contribution in [0.1, 0.15) is 11.1 Å². The number of aryl methyl sites for hydroxylation is 1. The van der Waals surface area contributed by atoms with Crippen LogP contribution in [0.2, 0.25) is 5.02 Å². The molecule has 1 heterocycles. The Morgan fingerprint density at radius 3 is 2.77 bits per heavy atom. The number of aromatic amines is 1. The molecular weight excluding hydrogens is 300 g/mol. The molecule has 0 fully saturated rings. The van der Waals surface area contributed by atoms with Crippen LogP contribution in [0, 0.1) is 6.92 Å². The Kier molecular flexibility index (Phi) is 3.77. The van der Waals surface area contributed by atoms with Crippen molar-refractivity contribution >= 4 is 34.4 Å². The number of nitrogens with zero attached hydrogens (tertiary/aromatic N) is 1. The number of ether oxygens (including phenoxy) is 1. The SMILES string of the molecule is COc1ccc2[nH]c(O)c(C=Nc3ccc(C)c(Cl)c3)c2c1. The van der Waals surface area contributed by atoms with E-state index >= 15 is 0 Å². The van der Waals surface area contributed by atoms with Crippen LogP contribution in [0.4, 0.5) is 5.69 Å².